The minimum absolute atomic E-state index is 0. The van der Waals surface area contributed by atoms with Gasteiger partial charge in [0.25, 0.3) is 0 Å². The van der Waals surface area contributed by atoms with E-state index in [-0.39, 0.29) is 19.5 Å². The van der Waals surface area contributed by atoms with Gasteiger partial charge in [-0.2, -0.15) is 0 Å². The van der Waals surface area contributed by atoms with Gasteiger partial charge in [0.15, 0.2) is 0 Å². The van der Waals surface area contributed by atoms with Crippen LogP contribution in [0.3, 0.4) is 0 Å². The van der Waals surface area contributed by atoms with Gasteiger partial charge < -0.3 is 0 Å². The fourth-order valence-electron chi connectivity index (χ4n) is 1.79. The second kappa shape index (κ2) is 3.39. The topological polar surface area (TPSA) is 0 Å². The molecule has 1 unspecified atom stereocenters. The van der Waals surface area contributed by atoms with E-state index in [4.69, 9.17) is 0 Å². The fourth-order valence-corrected chi connectivity index (χ4v) is 1.79. The molecule has 0 spiro atoms. The molecule has 0 aliphatic heterocycles. The summed E-state index contributed by atoms with van der Waals surface area (Å²) in [6, 6.07) is 0. The molecule has 0 aromatic carbocycles. The van der Waals surface area contributed by atoms with Gasteiger partial charge in [0.1, 0.15) is 0 Å². The Morgan fingerprint density at radius 1 is 1.27 bits per heavy atom. The summed E-state index contributed by atoms with van der Waals surface area (Å²) in [7, 11) is 0. The first-order chi connectivity index (χ1) is 4.46. The van der Waals surface area contributed by atoms with Crippen molar-refractivity contribution in [2.24, 2.45) is 11.3 Å². The summed E-state index contributed by atoms with van der Waals surface area (Å²) in [5.74, 6) is 0.840. The zero-order valence-electron chi connectivity index (χ0n) is 8.14. The molecule has 0 saturated heterocycles. The van der Waals surface area contributed by atoms with Gasteiger partial charge >= 0.3 is 0 Å². The van der Waals surface area contributed by atoms with Crippen LogP contribution in [0.5, 0.6) is 0 Å². The number of allylic oxidation sites excluding steroid dienone is 2. The van der Waals surface area contributed by atoms with Crippen LogP contribution < -0.4 is 0 Å². The molecular weight excluding hydrogens is 221 g/mol. The first-order valence-electron chi connectivity index (χ1n) is 4.13. The molecule has 0 nitrogen and oxygen atoms in total. The molecule has 0 saturated carbocycles. The fraction of sp³-hybridized carbons (Fsp3) is 0.800. The summed E-state index contributed by atoms with van der Waals surface area (Å²) >= 11 is 0. The van der Waals surface area contributed by atoms with Crippen LogP contribution in [-0.4, -0.2) is 0 Å². The predicted octanol–water partition coefficient (Wildman–Crippen LogP) is 3.39. The first kappa shape index (κ1) is 11.4. The van der Waals surface area contributed by atoms with Gasteiger partial charge in [-0.1, -0.05) is 31.9 Å². The van der Waals surface area contributed by atoms with E-state index in [9.17, 15) is 0 Å². The third kappa shape index (κ3) is 1.75. The van der Waals surface area contributed by atoms with E-state index < -0.39 is 0 Å². The minimum Gasteiger partial charge on any atom is -0.0736 e. The zero-order chi connectivity index (χ0) is 7.94. The van der Waals surface area contributed by atoms with Gasteiger partial charge in [-0.25, -0.2) is 0 Å². The van der Waals surface area contributed by atoms with Gasteiger partial charge in [0, 0.05) is 19.5 Å². The van der Waals surface area contributed by atoms with E-state index >= 15 is 0 Å². The molecule has 1 aliphatic carbocycles. The second-order valence-electron chi connectivity index (χ2n) is 4.23. The summed E-state index contributed by atoms with van der Waals surface area (Å²) in [6.45, 7) is 11.6. The molecule has 1 rings (SSSR count). The summed E-state index contributed by atoms with van der Waals surface area (Å²) < 4.78 is 0. The molecule has 11 heavy (non-hydrogen) atoms. The molecule has 1 atom stereocenters. The third-order valence-electron chi connectivity index (χ3n) is 3.45. The van der Waals surface area contributed by atoms with Crippen molar-refractivity contribution >= 4 is 0 Å². The average molecular weight is 239 g/mol. The Balaban J connectivity index is 0.000001000. The normalized spacial score (nSPS) is 28.6. The Kier molecular flexibility index (Phi) is 3.51. The Hall–Kier alpha value is 0.363. The van der Waals surface area contributed by atoms with Crippen LogP contribution in [0.4, 0.5) is 0 Å². The van der Waals surface area contributed by atoms with Crippen molar-refractivity contribution in [3.8, 4) is 0 Å². The van der Waals surface area contributed by atoms with Crippen LogP contribution in [0.2, 0.25) is 0 Å². The summed E-state index contributed by atoms with van der Waals surface area (Å²) in [4.78, 5) is 0. The van der Waals surface area contributed by atoms with Gasteiger partial charge in [-0.3, -0.25) is 0 Å². The Morgan fingerprint density at radius 3 is 1.82 bits per heavy atom. The molecule has 0 aromatic heterocycles. The third-order valence-corrected chi connectivity index (χ3v) is 3.45. The average Bonchev–Trinajstić information content (AvgIpc) is 1.97. The van der Waals surface area contributed by atoms with Crippen LogP contribution in [-0.2, 0) is 19.5 Å². The number of hydrogen-bond donors (Lipinski definition) is 0. The molecule has 0 amide bonds. The van der Waals surface area contributed by atoms with Crippen LogP contribution in [0.25, 0.3) is 0 Å². The molecule has 0 N–H and O–H groups in total. The van der Waals surface area contributed by atoms with E-state index in [0.717, 1.165) is 5.92 Å². The van der Waals surface area contributed by atoms with Crippen molar-refractivity contribution < 1.29 is 19.5 Å². The molecule has 0 aromatic rings. The molecule has 0 bridgehead atoms. The predicted molar refractivity (Wildman–Crippen MR) is 45.9 cm³/mol. The molecule has 0 heterocycles. The molecule has 0 radical (unpaired) electrons. The smallest absolute Gasteiger partial charge is 0 e. The van der Waals surface area contributed by atoms with Crippen molar-refractivity contribution in [3.63, 3.8) is 0 Å². The van der Waals surface area contributed by atoms with Crippen molar-refractivity contribution in [2.75, 3.05) is 0 Å². The van der Waals surface area contributed by atoms with E-state index in [2.05, 4.69) is 34.6 Å². The first-order valence-corrected chi connectivity index (χ1v) is 4.13. The van der Waals surface area contributed by atoms with Gasteiger partial charge in [0.05, 0.1) is 0 Å². The second-order valence-corrected chi connectivity index (χ2v) is 4.23. The van der Waals surface area contributed by atoms with Gasteiger partial charge in [-0.15, -0.1) is 0 Å². The van der Waals surface area contributed by atoms with E-state index in [1.54, 1.807) is 11.1 Å². The van der Waals surface area contributed by atoms with Crippen molar-refractivity contribution in [1.82, 2.24) is 0 Å². The van der Waals surface area contributed by atoms with Gasteiger partial charge in [-0.05, 0) is 31.6 Å². The molecule has 1 heteroatoms. The summed E-state index contributed by atoms with van der Waals surface area (Å²) in [6.07, 6.45) is 1.30. The zero-order valence-corrected chi connectivity index (χ0v) is 9.88. The summed E-state index contributed by atoms with van der Waals surface area (Å²) in [5, 5.41) is 0. The molecule has 1 aliphatic rings. The molecule has 66 valence electrons. The Labute approximate surface area is 83.2 Å². The quantitative estimate of drug-likeness (QED) is 0.449. The molecular formula is C10H18Ru. The maximum absolute atomic E-state index is 2.35. The number of rotatable bonds is 0. The molecule has 0 fully saturated rings. The van der Waals surface area contributed by atoms with Crippen molar-refractivity contribution in [1.29, 1.82) is 0 Å². The van der Waals surface area contributed by atoms with Crippen molar-refractivity contribution in [2.45, 2.75) is 41.0 Å². The van der Waals surface area contributed by atoms with Crippen LogP contribution >= 0.6 is 0 Å². The Morgan fingerprint density at radius 2 is 1.73 bits per heavy atom. The monoisotopic (exact) mass is 240 g/mol. The summed E-state index contributed by atoms with van der Waals surface area (Å²) in [5.41, 5.74) is 3.68. The van der Waals surface area contributed by atoms with Crippen LogP contribution in [0, 0.1) is 11.3 Å². The van der Waals surface area contributed by atoms with Gasteiger partial charge in [0.2, 0.25) is 0 Å². The van der Waals surface area contributed by atoms with Crippen LogP contribution in [0.1, 0.15) is 41.0 Å². The minimum atomic E-state index is 0. The van der Waals surface area contributed by atoms with E-state index in [0.29, 0.717) is 5.41 Å². The number of hydrogen-bond acceptors (Lipinski definition) is 0. The Bertz CT molecular complexity index is 177. The van der Waals surface area contributed by atoms with Crippen LogP contribution in [0.15, 0.2) is 11.1 Å². The SMILES string of the molecule is CC1=C(C)C(C)(C)C(C)C1.[Ru]. The van der Waals surface area contributed by atoms with E-state index in [1.165, 1.54) is 6.42 Å². The maximum atomic E-state index is 2.35. The van der Waals surface area contributed by atoms with Crippen molar-refractivity contribution in [3.05, 3.63) is 11.1 Å². The van der Waals surface area contributed by atoms with E-state index in [1.807, 2.05) is 0 Å². The maximum Gasteiger partial charge on any atom is 0 e. The standard InChI is InChI=1S/C10H18.Ru/c1-7-6-8(2)10(4,5)9(7)3;/h8H,6H2,1-5H3;. The largest absolute Gasteiger partial charge is 0.0736 e.